The van der Waals surface area contributed by atoms with Gasteiger partial charge in [0.1, 0.15) is 0 Å². The van der Waals surface area contributed by atoms with E-state index < -0.39 is 0 Å². The minimum atomic E-state index is 0.0871. The van der Waals surface area contributed by atoms with Crippen molar-refractivity contribution in [2.75, 3.05) is 0 Å². The number of hydrogen-bond donors (Lipinski definition) is 0. The number of hydrogen-bond acceptors (Lipinski definition) is 1. The number of allylic oxidation sites excluding steroid dienone is 1. The molecule has 0 spiro atoms. The van der Waals surface area contributed by atoms with Crippen LogP contribution in [0.5, 0.6) is 0 Å². The summed E-state index contributed by atoms with van der Waals surface area (Å²) in [6, 6.07) is 0. The third kappa shape index (κ3) is 2.84. The summed E-state index contributed by atoms with van der Waals surface area (Å²) in [5, 5.41) is 0. The fourth-order valence-electron chi connectivity index (χ4n) is 8.55. The van der Waals surface area contributed by atoms with Crippen LogP contribution in [0.25, 0.3) is 0 Å². The van der Waals surface area contributed by atoms with Crippen LogP contribution in [0.4, 0.5) is 0 Å². The van der Waals surface area contributed by atoms with Gasteiger partial charge in [-0.2, -0.15) is 0 Å². The van der Waals surface area contributed by atoms with Crippen molar-refractivity contribution in [3.8, 4) is 5.63 Å². The van der Waals surface area contributed by atoms with Crippen molar-refractivity contribution in [3.05, 3.63) is 12.7 Å². The molecule has 4 rings (SSSR count). The van der Waals surface area contributed by atoms with Crippen molar-refractivity contribution in [2.45, 2.75) is 84.5 Å². The van der Waals surface area contributed by atoms with Gasteiger partial charge in [0.25, 0.3) is 0 Å². The molecule has 0 aromatic heterocycles. The molecule has 144 valence electrons. The molecule has 26 heavy (non-hydrogen) atoms. The monoisotopic (exact) mass is 372 g/mol. The van der Waals surface area contributed by atoms with Crippen molar-refractivity contribution in [2.24, 2.45) is 46.3 Å². The summed E-state index contributed by atoms with van der Waals surface area (Å²) in [7, 11) is 0.0871. The molecule has 0 bridgehead atoms. The molecule has 1 nitrogen and oxygen atoms in total. The zero-order chi connectivity index (χ0) is 18.4. The van der Waals surface area contributed by atoms with E-state index in [9.17, 15) is 4.57 Å². The van der Waals surface area contributed by atoms with Crippen LogP contribution in [0.15, 0.2) is 12.7 Å². The van der Waals surface area contributed by atoms with Crippen LogP contribution in [0.1, 0.15) is 84.5 Å². The number of rotatable bonds is 3. The summed E-state index contributed by atoms with van der Waals surface area (Å²) in [5.74, 6) is 4.82. The van der Waals surface area contributed by atoms with E-state index in [2.05, 4.69) is 26.1 Å². The van der Waals surface area contributed by atoms with Crippen molar-refractivity contribution < 1.29 is 4.57 Å². The molecule has 0 N–H and O–H groups in total. The summed E-state index contributed by atoms with van der Waals surface area (Å²) in [6.07, 6.45) is 17.4. The second-order valence-electron chi connectivity index (χ2n) is 10.5. The van der Waals surface area contributed by atoms with E-state index >= 15 is 0 Å². The SMILES string of the molecule is C=CC[C@@H](C#P=O)[C@H]1CC[C@H]2[C@@H]3CCC4CCCC[C@]4(C)[C@H]3CC[C@]12C. The first kappa shape index (κ1) is 19.1. The third-order valence-corrected chi connectivity index (χ3v) is 10.2. The Morgan fingerprint density at radius 2 is 1.85 bits per heavy atom. The Morgan fingerprint density at radius 1 is 1.04 bits per heavy atom. The minimum absolute atomic E-state index is 0.0871. The first-order valence-electron chi connectivity index (χ1n) is 11.2. The summed E-state index contributed by atoms with van der Waals surface area (Å²) >= 11 is 0. The van der Waals surface area contributed by atoms with E-state index in [1.54, 1.807) is 0 Å². The predicted molar refractivity (Wildman–Crippen MR) is 110 cm³/mol. The third-order valence-electron chi connectivity index (χ3n) is 9.78. The summed E-state index contributed by atoms with van der Waals surface area (Å²) in [6.45, 7) is 9.21. The molecule has 4 saturated carbocycles. The van der Waals surface area contributed by atoms with E-state index in [1.165, 1.54) is 64.2 Å². The van der Waals surface area contributed by atoms with E-state index in [4.69, 9.17) is 0 Å². The molecule has 4 fully saturated rings. The van der Waals surface area contributed by atoms with Crippen LogP contribution >= 0.6 is 7.92 Å². The Labute approximate surface area is 161 Å². The van der Waals surface area contributed by atoms with Gasteiger partial charge in [-0.05, 0) is 0 Å². The maximum absolute atomic E-state index is 11.3. The molecule has 0 aliphatic heterocycles. The molecule has 0 aromatic carbocycles. The van der Waals surface area contributed by atoms with Crippen LogP contribution in [0.2, 0.25) is 0 Å². The molecule has 8 atom stereocenters. The maximum atomic E-state index is 11.3. The van der Waals surface area contributed by atoms with E-state index in [0.717, 1.165) is 30.1 Å². The van der Waals surface area contributed by atoms with Gasteiger partial charge in [-0.1, -0.05) is 0 Å². The first-order chi connectivity index (χ1) is 12.5. The van der Waals surface area contributed by atoms with Crippen LogP contribution in [0.3, 0.4) is 0 Å². The Morgan fingerprint density at radius 3 is 2.62 bits per heavy atom. The van der Waals surface area contributed by atoms with E-state index in [-0.39, 0.29) is 7.92 Å². The summed E-state index contributed by atoms with van der Waals surface area (Å²) in [4.78, 5) is 0. The molecule has 2 heteroatoms. The molecule has 0 amide bonds. The fraction of sp³-hybridized carbons (Fsp3) is 0.875. The van der Waals surface area contributed by atoms with Crippen LogP contribution in [0, 0.1) is 52.0 Å². The first-order valence-corrected chi connectivity index (χ1v) is 12.0. The summed E-state index contributed by atoms with van der Waals surface area (Å²) < 4.78 is 11.3. The van der Waals surface area contributed by atoms with Gasteiger partial charge in [0.2, 0.25) is 0 Å². The van der Waals surface area contributed by atoms with Crippen LogP contribution in [-0.2, 0) is 4.57 Å². The summed E-state index contributed by atoms with van der Waals surface area (Å²) in [5.41, 5.74) is 4.32. The van der Waals surface area contributed by atoms with Gasteiger partial charge in [0.05, 0.1) is 0 Å². The Balaban J connectivity index is 1.60. The zero-order valence-corrected chi connectivity index (χ0v) is 17.8. The Bertz CT molecular complexity index is 650. The molecule has 0 saturated heterocycles. The predicted octanol–water partition coefficient (Wildman–Crippen LogP) is 7.48. The van der Waals surface area contributed by atoms with E-state index in [0.29, 0.717) is 22.7 Å². The molecule has 4 aliphatic rings. The van der Waals surface area contributed by atoms with Gasteiger partial charge < -0.3 is 0 Å². The Kier molecular flexibility index (Phi) is 5.35. The quantitative estimate of drug-likeness (QED) is 0.371. The van der Waals surface area contributed by atoms with Gasteiger partial charge in [-0.15, -0.1) is 0 Å². The zero-order valence-electron chi connectivity index (χ0n) is 16.9. The molecule has 1 unspecified atom stereocenters. The van der Waals surface area contributed by atoms with Crippen molar-refractivity contribution in [1.82, 2.24) is 0 Å². The average molecular weight is 373 g/mol. The van der Waals surface area contributed by atoms with E-state index in [1.807, 2.05) is 6.08 Å². The standard InChI is InChI=1S/C24H37OP/c1-4-7-17(16-26-25)20-11-12-21-19-10-9-18-8-5-6-14-23(18,2)22(19)13-15-24(20,21)3/h4,17-22H,1,5-15H2,2-3H3/t17-,18?,19-,20+,21-,22-,23-,24+/m0/s1. The van der Waals surface area contributed by atoms with Crippen LogP contribution in [-0.4, -0.2) is 0 Å². The van der Waals surface area contributed by atoms with Crippen molar-refractivity contribution in [3.63, 3.8) is 0 Å². The van der Waals surface area contributed by atoms with Crippen molar-refractivity contribution in [1.29, 1.82) is 0 Å². The molecule has 0 radical (unpaired) electrons. The second kappa shape index (κ2) is 7.29. The molecular weight excluding hydrogens is 335 g/mol. The van der Waals surface area contributed by atoms with Crippen LogP contribution < -0.4 is 0 Å². The van der Waals surface area contributed by atoms with Gasteiger partial charge in [-0.25, -0.2) is 0 Å². The van der Waals surface area contributed by atoms with Gasteiger partial charge in [-0.3, -0.25) is 0 Å². The van der Waals surface area contributed by atoms with Gasteiger partial charge >= 0.3 is 162 Å². The molecular formula is C24H37OP. The molecule has 4 aliphatic carbocycles. The Hall–Kier alpha value is -0.250. The molecule has 0 heterocycles. The second-order valence-corrected chi connectivity index (χ2v) is 10.9. The fourth-order valence-corrected chi connectivity index (χ4v) is 8.97. The average Bonchev–Trinajstić information content (AvgIpc) is 2.98. The normalized spacial score (nSPS) is 48.5. The molecule has 0 aromatic rings. The number of fused-ring (bicyclic) bond motifs is 5. The van der Waals surface area contributed by atoms with Gasteiger partial charge in [0.15, 0.2) is 0 Å². The van der Waals surface area contributed by atoms with Crippen molar-refractivity contribution >= 4 is 7.92 Å². The van der Waals surface area contributed by atoms with Gasteiger partial charge in [0, 0.05) is 0 Å². The topological polar surface area (TPSA) is 17.1 Å².